The van der Waals surface area contributed by atoms with Gasteiger partial charge in [-0.1, -0.05) is 43.9 Å². The van der Waals surface area contributed by atoms with Crippen molar-refractivity contribution in [2.75, 3.05) is 55.5 Å². The van der Waals surface area contributed by atoms with Crippen LogP contribution in [0.3, 0.4) is 0 Å². The number of rotatable bonds is 7. The Morgan fingerprint density at radius 2 is 1.93 bits per heavy atom. The van der Waals surface area contributed by atoms with E-state index in [1.54, 1.807) is 44.2 Å². The number of benzene rings is 2. The number of nitrogens with zero attached hydrogens (tertiary/aromatic N) is 1. The molecular formula is C44H52N4O11. The number of carbonyl (C=O) groups excluding carboxylic acids is 2. The molecule has 0 unspecified atom stereocenters. The minimum absolute atomic E-state index is 0.0532. The molecule has 1 aromatic heterocycles. The van der Waals surface area contributed by atoms with Gasteiger partial charge in [-0.3, -0.25) is 9.59 Å². The first-order chi connectivity index (χ1) is 28.3. The Labute approximate surface area is 342 Å². The molecule has 0 spiro atoms. The zero-order valence-corrected chi connectivity index (χ0v) is 33.7. The molecular weight excluding hydrogens is 761 g/mol. The lowest BCUT2D eigenvalue weighted by atomic mass is 9.87. The van der Waals surface area contributed by atoms with E-state index in [-0.39, 0.29) is 46.4 Å². The van der Waals surface area contributed by atoms with Gasteiger partial charge in [-0.05, 0) is 62.0 Å². The molecule has 3 aromatic rings. The van der Waals surface area contributed by atoms with Crippen molar-refractivity contribution < 1.29 is 48.3 Å². The van der Waals surface area contributed by atoms with Crippen LogP contribution in [-0.2, 0) is 30.2 Å². The summed E-state index contributed by atoms with van der Waals surface area (Å²) >= 11 is 0. The lowest BCUT2D eigenvalue weighted by Gasteiger charge is -2.30. The van der Waals surface area contributed by atoms with Gasteiger partial charge >= 0.3 is 6.09 Å². The van der Waals surface area contributed by atoms with Crippen LogP contribution in [0.2, 0.25) is 0 Å². The van der Waals surface area contributed by atoms with Gasteiger partial charge in [0.2, 0.25) is 0 Å². The van der Waals surface area contributed by atoms with Crippen LogP contribution >= 0.6 is 0 Å². The second-order valence-electron chi connectivity index (χ2n) is 15.1. The first-order valence-corrected chi connectivity index (χ1v) is 19.8. The van der Waals surface area contributed by atoms with E-state index in [9.17, 15) is 29.7 Å². The normalized spacial score (nSPS) is 23.7. The summed E-state index contributed by atoms with van der Waals surface area (Å²) < 4.78 is 28.8. The number of aliphatic hydroxyl groups is 1. The highest BCUT2D eigenvalue weighted by Gasteiger charge is 2.33. The molecule has 4 heterocycles. The number of unbranched alkanes of at least 4 members (excludes halogenated alkanes) is 1. The predicted octanol–water partition coefficient (Wildman–Crippen LogP) is 5.07. The maximum Gasteiger partial charge on any atom is 0.405 e. The first kappa shape index (κ1) is 42.7. The molecule has 6 rings (SSSR count). The van der Waals surface area contributed by atoms with Gasteiger partial charge in [0, 0.05) is 56.8 Å². The number of morpholine rings is 1. The molecule has 15 heteroatoms. The van der Waals surface area contributed by atoms with Crippen LogP contribution in [-0.4, -0.2) is 91.7 Å². The molecule has 1 fully saturated rings. The van der Waals surface area contributed by atoms with Gasteiger partial charge in [0.25, 0.3) is 5.91 Å². The minimum atomic E-state index is -1.05. The Bertz CT molecular complexity index is 2250. The Hall–Kier alpha value is -5.95. The van der Waals surface area contributed by atoms with Crippen molar-refractivity contribution in [1.82, 2.24) is 0 Å². The molecule has 15 nitrogen and oxygen atoms in total. The van der Waals surface area contributed by atoms with Crippen LogP contribution in [0.1, 0.15) is 51.2 Å². The van der Waals surface area contributed by atoms with E-state index in [1.165, 1.54) is 25.3 Å². The van der Waals surface area contributed by atoms with Crippen LogP contribution in [0.5, 0.6) is 11.5 Å². The molecule has 314 valence electrons. The number of nitrogens with one attached hydrogen (secondary N) is 2. The SMILES string of the molecule is CO[C@@H]1C[C@H](C)Cc2c(O)c(cc(O)c2NCCCC#Cc2cccc3c(=O)cc(N4CCOCC4)oc23)NC(=O)C2=CC=C[C@H](O2)[C@@H](OC(N)=O)C(C)=C[C@H](C)[C@H]1O. The summed E-state index contributed by atoms with van der Waals surface area (Å²) in [5, 5.41) is 40.8. The number of hydrogen-bond donors (Lipinski definition) is 6. The summed E-state index contributed by atoms with van der Waals surface area (Å²) in [7, 11) is 1.51. The smallest absolute Gasteiger partial charge is 0.405 e. The maximum atomic E-state index is 13.5. The molecule has 3 aliphatic rings. The third kappa shape index (κ3) is 10.2. The number of para-hydroxylation sites is 1. The minimum Gasteiger partial charge on any atom is -0.506 e. The number of methoxy groups -OCH3 is 1. The topological polar surface area (TPSA) is 215 Å². The third-order valence-corrected chi connectivity index (χ3v) is 10.7. The van der Waals surface area contributed by atoms with Gasteiger partial charge in [-0.2, -0.15) is 0 Å². The summed E-state index contributed by atoms with van der Waals surface area (Å²) in [6, 6.07) is 8.07. The van der Waals surface area contributed by atoms with Gasteiger partial charge in [-0.15, -0.1) is 0 Å². The molecule has 1 saturated heterocycles. The summed E-state index contributed by atoms with van der Waals surface area (Å²) in [6.45, 7) is 8.17. The number of phenolic OH excluding ortho intramolecular Hbond substituents is 2. The van der Waals surface area contributed by atoms with Gasteiger partial charge in [0.05, 0.1) is 47.7 Å². The van der Waals surface area contributed by atoms with Crippen LogP contribution in [0.15, 0.2) is 75.2 Å². The van der Waals surface area contributed by atoms with Crippen molar-refractivity contribution in [3.8, 4) is 23.3 Å². The van der Waals surface area contributed by atoms with Crippen molar-refractivity contribution in [3.63, 3.8) is 0 Å². The number of allylic oxidation sites excluding steroid dienone is 2. The van der Waals surface area contributed by atoms with Crippen LogP contribution in [0.25, 0.3) is 11.0 Å². The van der Waals surface area contributed by atoms with E-state index in [4.69, 9.17) is 29.1 Å². The van der Waals surface area contributed by atoms with Gasteiger partial charge < -0.3 is 60.0 Å². The highest BCUT2D eigenvalue weighted by Crippen LogP contribution is 2.43. The number of carbonyl (C=O) groups is 2. The summed E-state index contributed by atoms with van der Waals surface area (Å²) in [5.41, 5.74) is 7.41. The predicted molar refractivity (Wildman–Crippen MR) is 222 cm³/mol. The number of hydrogen-bond acceptors (Lipinski definition) is 13. The fraction of sp³-hybridized carbons (Fsp3) is 0.432. The molecule has 0 saturated carbocycles. The van der Waals surface area contributed by atoms with E-state index in [0.717, 1.165) is 0 Å². The fourth-order valence-corrected chi connectivity index (χ4v) is 7.60. The van der Waals surface area contributed by atoms with E-state index in [0.29, 0.717) is 85.7 Å². The lowest BCUT2D eigenvalue weighted by molar-refractivity contribution is -0.117. The Morgan fingerprint density at radius 1 is 1.15 bits per heavy atom. The van der Waals surface area contributed by atoms with Crippen molar-refractivity contribution in [3.05, 3.63) is 87.3 Å². The second kappa shape index (κ2) is 19.2. The molecule has 2 aromatic carbocycles. The summed E-state index contributed by atoms with van der Waals surface area (Å²) in [4.78, 5) is 40.4. The van der Waals surface area contributed by atoms with E-state index in [1.807, 2.05) is 17.9 Å². The summed E-state index contributed by atoms with van der Waals surface area (Å²) in [5.74, 6) is 4.80. The van der Waals surface area contributed by atoms with Crippen LogP contribution in [0.4, 0.5) is 22.1 Å². The number of anilines is 3. The number of ether oxygens (including phenoxy) is 4. The lowest BCUT2D eigenvalue weighted by Crippen LogP contribution is -2.38. The zero-order chi connectivity index (χ0) is 42.2. The van der Waals surface area contributed by atoms with Crippen molar-refractivity contribution in [1.29, 1.82) is 0 Å². The first-order valence-electron chi connectivity index (χ1n) is 19.8. The Kier molecular flexibility index (Phi) is 13.9. The standard InChI is InChI=1S/C44H52N4O11/c1-25-20-30-38(46-15-7-5-6-10-28-11-8-12-29-32(49)24-37(58-42(28)29)48-16-18-56-19-17-48)33(50)23-31(40(30)52)47-43(53)35-14-9-13-34(57-35)41(59-44(45)54)27(3)22-26(2)39(51)36(21-25)55-4/h8-9,11-14,22-26,34,36,39,41,46,50-52H,5,7,15-21H2,1-4H3,(H2,45,54)(H,47,53)/t25-,26+,34+,36-,39-,41+/m1/s1. The monoisotopic (exact) mass is 812 g/mol. The molecule has 4 bridgehead atoms. The molecule has 0 aliphatic carbocycles. The number of fused-ring (bicyclic) bond motifs is 5. The quantitative estimate of drug-likeness (QED) is 0.0606. The van der Waals surface area contributed by atoms with Crippen molar-refractivity contribution >= 4 is 40.2 Å². The van der Waals surface area contributed by atoms with Gasteiger partial charge in [0.15, 0.2) is 34.9 Å². The zero-order valence-electron chi connectivity index (χ0n) is 33.7. The van der Waals surface area contributed by atoms with Crippen molar-refractivity contribution in [2.24, 2.45) is 17.6 Å². The fourth-order valence-electron chi connectivity index (χ4n) is 7.60. The average molecular weight is 813 g/mol. The number of aromatic hydroxyl groups is 2. The summed E-state index contributed by atoms with van der Waals surface area (Å²) in [6.07, 6.45) is 3.33. The number of primary amides is 1. The average Bonchev–Trinajstić information content (AvgIpc) is 3.22. The highest BCUT2D eigenvalue weighted by molar-refractivity contribution is 6.04. The maximum absolute atomic E-state index is 13.5. The van der Waals surface area contributed by atoms with E-state index >= 15 is 0 Å². The molecule has 59 heavy (non-hydrogen) atoms. The molecule has 2 amide bonds. The third-order valence-electron chi connectivity index (χ3n) is 10.7. The van der Waals surface area contributed by atoms with Crippen LogP contribution < -0.4 is 26.7 Å². The second-order valence-corrected chi connectivity index (χ2v) is 15.1. The highest BCUT2D eigenvalue weighted by atomic mass is 16.6. The molecule has 3 aliphatic heterocycles. The number of nitrogens with two attached hydrogens (primary N) is 1. The van der Waals surface area contributed by atoms with Crippen LogP contribution in [0, 0.1) is 23.7 Å². The Balaban J connectivity index is 1.23. The molecule has 0 radical (unpaired) electrons. The number of amides is 2. The largest absolute Gasteiger partial charge is 0.506 e. The van der Waals surface area contributed by atoms with E-state index in [2.05, 4.69) is 22.5 Å². The van der Waals surface area contributed by atoms with Gasteiger partial charge in [-0.25, -0.2) is 4.79 Å². The van der Waals surface area contributed by atoms with Gasteiger partial charge in [0.1, 0.15) is 11.5 Å². The number of aliphatic hydroxyl groups excluding tert-OH is 1. The molecule has 7 N–H and O–H groups in total. The van der Waals surface area contributed by atoms with Crippen molar-refractivity contribution in [2.45, 2.75) is 70.9 Å². The Morgan fingerprint density at radius 3 is 2.68 bits per heavy atom. The number of phenols is 2. The molecule has 6 atom stereocenters. The van der Waals surface area contributed by atoms with E-state index < -0.39 is 42.3 Å².